The summed E-state index contributed by atoms with van der Waals surface area (Å²) in [6.45, 7) is 1.89. The van der Waals surface area contributed by atoms with Crippen molar-refractivity contribution in [3.63, 3.8) is 0 Å². The summed E-state index contributed by atoms with van der Waals surface area (Å²) >= 11 is 0. The van der Waals surface area contributed by atoms with Gasteiger partial charge in [-0.05, 0) is 48.9 Å². The van der Waals surface area contributed by atoms with Crippen LogP contribution in [0.5, 0.6) is 11.5 Å². The fourth-order valence-electron chi connectivity index (χ4n) is 3.32. The number of hydrogen-bond donors (Lipinski definition) is 1. The van der Waals surface area contributed by atoms with E-state index < -0.39 is 0 Å². The zero-order chi connectivity index (χ0) is 21.1. The fraction of sp³-hybridized carbons (Fsp3) is 0.174. The van der Waals surface area contributed by atoms with Crippen molar-refractivity contribution in [3.8, 4) is 11.5 Å². The quantitative estimate of drug-likeness (QED) is 0.529. The first-order valence-electron chi connectivity index (χ1n) is 9.50. The molecule has 1 amide bonds. The van der Waals surface area contributed by atoms with Crippen LogP contribution in [0.15, 0.2) is 60.8 Å². The van der Waals surface area contributed by atoms with Gasteiger partial charge < -0.3 is 14.8 Å². The molecular weight excluding hydrogens is 380 g/mol. The Hall–Kier alpha value is -3.87. The van der Waals surface area contributed by atoms with Crippen LogP contribution in [-0.4, -0.2) is 34.7 Å². The number of anilines is 1. The highest BCUT2D eigenvalue weighted by atomic mass is 16.5. The van der Waals surface area contributed by atoms with Gasteiger partial charge in [-0.15, -0.1) is 10.2 Å². The Labute approximate surface area is 174 Å². The molecule has 30 heavy (non-hydrogen) atoms. The van der Waals surface area contributed by atoms with Gasteiger partial charge in [-0.3, -0.25) is 9.20 Å². The lowest BCUT2D eigenvalue weighted by molar-refractivity contribution is 0.102. The van der Waals surface area contributed by atoms with Crippen molar-refractivity contribution in [1.29, 1.82) is 0 Å². The number of nitrogens with one attached hydrogen (secondary N) is 1. The van der Waals surface area contributed by atoms with Crippen LogP contribution in [-0.2, 0) is 6.42 Å². The predicted octanol–water partition coefficient (Wildman–Crippen LogP) is 3.90. The van der Waals surface area contributed by atoms with Crippen molar-refractivity contribution in [1.82, 2.24) is 14.6 Å². The lowest BCUT2D eigenvalue weighted by Gasteiger charge is -2.13. The molecule has 0 radical (unpaired) electrons. The molecule has 0 aliphatic heterocycles. The number of benzene rings is 2. The number of rotatable bonds is 6. The third-order valence-electron chi connectivity index (χ3n) is 4.97. The number of carbonyl (C=O) groups is 1. The van der Waals surface area contributed by atoms with Gasteiger partial charge in [0, 0.05) is 29.4 Å². The molecule has 0 aliphatic carbocycles. The second-order valence-corrected chi connectivity index (χ2v) is 6.88. The zero-order valence-electron chi connectivity index (χ0n) is 17.0. The number of amides is 1. The molecule has 4 rings (SSSR count). The summed E-state index contributed by atoms with van der Waals surface area (Å²) in [7, 11) is 3.14. The van der Waals surface area contributed by atoms with E-state index in [1.54, 1.807) is 26.4 Å². The van der Waals surface area contributed by atoms with Crippen LogP contribution in [0.4, 0.5) is 5.69 Å². The van der Waals surface area contributed by atoms with E-state index in [0.29, 0.717) is 29.2 Å². The summed E-state index contributed by atoms with van der Waals surface area (Å²) in [6, 6.07) is 16.9. The average Bonchev–Trinajstić information content (AvgIpc) is 3.18. The van der Waals surface area contributed by atoms with E-state index in [9.17, 15) is 4.79 Å². The molecule has 0 saturated carbocycles. The number of fused-ring (bicyclic) bond motifs is 1. The largest absolute Gasteiger partial charge is 0.496 e. The Kier molecular flexibility index (Phi) is 5.34. The Balaban J connectivity index is 1.49. The van der Waals surface area contributed by atoms with Crippen molar-refractivity contribution in [2.24, 2.45) is 0 Å². The molecule has 0 saturated heterocycles. The van der Waals surface area contributed by atoms with E-state index in [4.69, 9.17) is 9.47 Å². The highest BCUT2D eigenvalue weighted by Crippen LogP contribution is 2.29. The van der Waals surface area contributed by atoms with E-state index in [-0.39, 0.29) is 5.91 Å². The maximum absolute atomic E-state index is 12.7. The molecule has 2 aromatic carbocycles. The number of hydrogen-bond acceptors (Lipinski definition) is 5. The van der Waals surface area contributed by atoms with Gasteiger partial charge in [0.15, 0.2) is 5.65 Å². The fourth-order valence-corrected chi connectivity index (χ4v) is 3.32. The molecule has 0 atom stereocenters. The van der Waals surface area contributed by atoms with Gasteiger partial charge in [0.05, 0.1) is 14.2 Å². The second-order valence-electron chi connectivity index (χ2n) is 6.88. The Bertz CT molecular complexity index is 1170. The van der Waals surface area contributed by atoms with Crippen molar-refractivity contribution >= 4 is 17.2 Å². The monoisotopic (exact) mass is 402 g/mol. The van der Waals surface area contributed by atoms with Gasteiger partial charge in [0.2, 0.25) is 0 Å². The maximum Gasteiger partial charge on any atom is 0.255 e. The van der Waals surface area contributed by atoms with Gasteiger partial charge in [-0.1, -0.05) is 18.2 Å². The van der Waals surface area contributed by atoms with Crippen LogP contribution in [0, 0.1) is 6.92 Å². The summed E-state index contributed by atoms with van der Waals surface area (Å²) in [5.74, 6) is 1.84. The van der Waals surface area contributed by atoms with E-state index in [0.717, 1.165) is 22.6 Å². The minimum atomic E-state index is -0.234. The molecule has 152 valence electrons. The molecule has 4 aromatic rings. The predicted molar refractivity (Wildman–Crippen MR) is 114 cm³/mol. The molecule has 2 aromatic heterocycles. The number of methoxy groups -OCH3 is 2. The van der Waals surface area contributed by atoms with Crippen molar-refractivity contribution < 1.29 is 14.3 Å². The molecule has 7 nitrogen and oxygen atoms in total. The lowest BCUT2D eigenvalue weighted by Crippen LogP contribution is -2.12. The molecule has 7 heteroatoms. The molecule has 0 spiro atoms. The number of ether oxygens (including phenoxy) is 2. The molecule has 0 aliphatic rings. The van der Waals surface area contributed by atoms with Gasteiger partial charge in [-0.25, -0.2) is 0 Å². The summed E-state index contributed by atoms with van der Waals surface area (Å²) in [5.41, 5.74) is 3.91. The number of pyridine rings is 1. The third-order valence-corrected chi connectivity index (χ3v) is 4.97. The van der Waals surface area contributed by atoms with E-state index in [1.165, 1.54) is 0 Å². The topological polar surface area (TPSA) is 77.8 Å². The van der Waals surface area contributed by atoms with Crippen molar-refractivity contribution in [2.75, 3.05) is 19.5 Å². The Morgan fingerprint density at radius 1 is 1.00 bits per heavy atom. The van der Waals surface area contributed by atoms with E-state index >= 15 is 0 Å². The Morgan fingerprint density at radius 2 is 1.70 bits per heavy atom. The van der Waals surface area contributed by atoms with Crippen molar-refractivity contribution in [2.45, 2.75) is 13.3 Å². The summed E-state index contributed by atoms with van der Waals surface area (Å²) < 4.78 is 12.7. The average molecular weight is 402 g/mol. The summed E-state index contributed by atoms with van der Waals surface area (Å²) in [5, 5.41) is 11.3. The highest BCUT2D eigenvalue weighted by Gasteiger charge is 2.14. The van der Waals surface area contributed by atoms with Crippen LogP contribution in [0.1, 0.15) is 27.3 Å². The Morgan fingerprint density at radius 3 is 2.37 bits per heavy atom. The smallest absolute Gasteiger partial charge is 0.255 e. The standard InChI is InChI=1S/C23H22N4O3/c1-15-19(29-2)13-17(14-20(15)30-3)23(28)24-18-9-7-16(8-10-18)12-22-26-25-21-6-4-5-11-27(21)22/h4-11,13-14H,12H2,1-3H3,(H,24,28). The van der Waals surface area contributed by atoms with Gasteiger partial charge >= 0.3 is 0 Å². The normalized spacial score (nSPS) is 10.8. The first-order valence-corrected chi connectivity index (χ1v) is 9.50. The van der Waals surface area contributed by atoms with Crippen LogP contribution < -0.4 is 14.8 Å². The van der Waals surface area contributed by atoms with Crippen LogP contribution in [0.2, 0.25) is 0 Å². The summed E-state index contributed by atoms with van der Waals surface area (Å²) in [4.78, 5) is 12.7. The number of carbonyl (C=O) groups excluding carboxylic acids is 1. The minimum absolute atomic E-state index is 0.234. The van der Waals surface area contributed by atoms with Crippen LogP contribution in [0.25, 0.3) is 5.65 Å². The molecule has 0 bridgehead atoms. The van der Waals surface area contributed by atoms with Crippen LogP contribution in [0.3, 0.4) is 0 Å². The minimum Gasteiger partial charge on any atom is -0.496 e. The zero-order valence-corrected chi connectivity index (χ0v) is 17.0. The summed E-state index contributed by atoms with van der Waals surface area (Å²) in [6.07, 6.45) is 2.59. The van der Waals surface area contributed by atoms with Gasteiger partial charge in [0.25, 0.3) is 5.91 Å². The third kappa shape index (κ3) is 3.82. The molecule has 1 N–H and O–H groups in total. The SMILES string of the molecule is COc1cc(C(=O)Nc2ccc(Cc3nnc4ccccn34)cc2)cc(OC)c1C. The molecule has 0 fully saturated rings. The lowest BCUT2D eigenvalue weighted by atomic mass is 10.1. The number of nitrogens with zero attached hydrogens (tertiary/aromatic N) is 3. The van der Waals surface area contributed by atoms with E-state index in [1.807, 2.05) is 60.0 Å². The molecule has 0 unspecified atom stereocenters. The van der Waals surface area contributed by atoms with E-state index in [2.05, 4.69) is 15.5 Å². The van der Waals surface area contributed by atoms with Crippen molar-refractivity contribution in [3.05, 3.63) is 83.3 Å². The van der Waals surface area contributed by atoms with Gasteiger partial charge in [0.1, 0.15) is 17.3 Å². The van der Waals surface area contributed by atoms with Crippen LogP contribution >= 0.6 is 0 Å². The molecular formula is C23H22N4O3. The maximum atomic E-state index is 12.7. The first-order chi connectivity index (χ1) is 14.6. The number of aromatic nitrogens is 3. The first kappa shape index (κ1) is 19.4. The highest BCUT2D eigenvalue weighted by molar-refractivity contribution is 6.05. The van der Waals surface area contributed by atoms with Gasteiger partial charge in [-0.2, -0.15) is 0 Å². The molecule has 2 heterocycles. The second kappa shape index (κ2) is 8.24.